The molecule has 1 aromatic heterocycles. The van der Waals surface area contributed by atoms with Crippen molar-refractivity contribution in [1.29, 1.82) is 0 Å². The zero-order chi connectivity index (χ0) is 33.8. The maximum atomic E-state index is 13.9. The van der Waals surface area contributed by atoms with E-state index in [2.05, 4.69) is 4.98 Å². The van der Waals surface area contributed by atoms with Crippen molar-refractivity contribution in [3.8, 4) is 11.5 Å². The van der Waals surface area contributed by atoms with Gasteiger partial charge in [0.15, 0.2) is 11.5 Å². The van der Waals surface area contributed by atoms with Crippen LogP contribution in [-0.2, 0) is 30.1 Å². The van der Waals surface area contributed by atoms with Crippen LogP contribution < -0.4 is 9.47 Å². The van der Waals surface area contributed by atoms with Gasteiger partial charge in [-0.3, -0.25) is 9.59 Å². The highest BCUT2D eigenvalue weighted by atomic mass is 19.4. The molecule has 2 amide bonds. The van der Waals surface area contributed by atoms with Gasteiger partial charge in [0.1, 0.15) is 6.54 Å². The van der Waals surface area contributed by atoms with Gasteiger partial charge >= 0.3 is 12.4 Å². The van der Waals surface area contributed by atoms with Gasteiger partial charge in [-0.05, 0) is 67.8 Å². The van der Waals surface area contributed by atoms with Crippen molar-refractivity contribution in [2.75, 3.05) is 27.3 Å². The lowest BCUT2D eigenvalue weighted by atomic mass is 10.0. The van der Waals surface area contributed by atoms with Crippen LogP contribution in [0.25, 0.3) is 10.9 Å². The molecule has 0 spiro atoms. The summed E-state index contributed by atoms with van der Waals surface area (Å²) in [5.74, 6) is -0.797. The Balaban J connectivity index is 1.65. The summed E-state index contributed by atoms with van der Waals surface area (Å²) in [7, 11) is 2.94. The maximum absolute atomic E-state index is 13.9. The monoisotopic (exact) mass is 649 g/mol. The molecule has 246 valence electrons. The van der Waals surface area contributed by atoms with Crippen molar-refractivity contribution in [3.63, 3.8) is 0 Å². The van der Waals surface area contributed by atoms with Crippen LogP contribution in [0, 0.1) is 0 Å². The molecular formula is C33H33F6N3O4. The average molecular weight is 650 g/mol. The molecule has 0 fully saturated rings. The quantitative estimate of drug-likeness (QED) is 0.173. The lowest BCUT2D eigenvalue weighted by Gasteiger charge is -2.31. The van der Waals surface area contributed by atoms with Crippen LogP contribution in [-0.4, -0.2) is 59.9 Å². The molecule has 0 aliphatic rings. The van der Waals surface area contributed by atoms with Crippen LogP contribution in [0.15, 0.2) is 66.9 Å². The van der Waals surface area contributed by atoms with Crippen molar-refractivity contribution in [1.82, 2.24) is 14.8 Å². The van der Waals surface area contributed by atoms with E-state index in [1.165, 1.54) is 33.0 Å². The Morgan fingerprint density at radius 1 is 0.848 bits per heavy atom. The van der Waals surface area contributed by atoms with Crippen LogP contribution in [0.5, 0.6) is 11.5 Å². The van der Waals surface area contributed by atoms with E-state index in [9.17, 15) is 35.9 Å². The molecule has 13 heteroatoms. The molecule has 7 nitrogen and oxygen atoms in total. The largest absolute Gasteiger partial charge is 0.493 e. The minimum atomic E-state index is -5.13. The molecule has 4 aromatic rings. The number of benzene rings is 3. The molecule has 0 unspecified atom stereocenters. The standard InChI is InChI=1S/C33H33F6N3O4/c1-20(2)42(31(44)23-14-24(32(34,35)36)16-25(15-23)33(37,38)39)19-30(43)41(18-21-9-10-28(45-3)29(13-21)46-4)12-11-22-17-40-27-8-6-5-7-26(22)27/h5-10,13-17,20,40H,11-12,18-19H2,1-4H3. The summed E-state index contributed by atoms with van der Waals surface area (Å²) >= 11 is 0. The molecule has 0 aliphatic heterocycles. The summed E-state index contributed by atoms with van der Waals surface area (Å²) in [5.41, 5.74) is -1.55. The summed E-state index contributed by atoms with van der Waals surface area (Å²) in [6, 6.07) is 12.7. The van der Waals surface area contributed by atoms with Crippen molar-refractivity contribution in [2.24, 2.45) is 0 Å². The van der Waals surface area contributed by atoms with E-state index >= 15 is 0 Å². The van der Waals surface area contributed by atoms with Crippen molar-refractivity contribution < 1.29 is 45.4 Å². The SMILES string of the molecule is COc1ccc(CN(CCc2c[nH]c3ccccc23)C(=O)CN(C(=O)c2cc(C(F)(F)F)cc(C(F)(F)F)c2)C(C)C)cc1OC. The molecule has 1 N–H and O–H groups in total. The number of methoxy groups -OCH3 is 2. The van der Waals surface area contributed by atoms with E-state index in [4.69, 9.17) is 9.47 Å². The molecule has 46 heavy (non-hydrogen) atoms. The molecule has 0 saturated carbocycles. The number of carbonyl (C=O) groups excluding carboxylic acids is 2. The molecule has 3 aromatic carbocycles. The third-order valence-electron chi connectivity index (χ3n) is 7.52. The summed E-state index contributed by atoms with van der Waals surface area (Å²) in [6.07, 6.45) is -8.01. The lowest BCUT2D eigenvalue weighted by Crippen LogP contribution is -2.46. The van der Waals surface area contributed by atoms with Gasteiger partial charge in [-0.2, -0.15) is 26.3 Å². The number of hydrogen-bond donors (Lipinski definition) is 1. The third kappa shape index (κ3) is 7.93. The van der Waals surface area contributed by atoms with Crippen LogP contribution in [0.1, 0.15) is 46.5 Å². The van der Waals surface area contributed by atoms with E-state index in [1.807, 2.05) is 30.5 Å². The number of fused-ring (bicyclic) bond motifs is 1. The molecule has 0 saturated heterocycles. The van der Waals surface area contributed by atoms with Crippen LogP contribution in [0.3, 0.4) is 0 Å². The first-order valence-corrected chi connectivity index (χ1v) is 14.3. The van der Waals surface area contributed by atoms with Crippen molar-refractivity contribution in [3.05, 3.63) is 94.7 Å². The Morgan fingerprint density at radius 2 is 1.48 bits per heavy atom. The highest BCUT2D eigenvalue weighted by Gasteiger charge is 2.38. The number of nitrogens with one attached hydrogen (secondary N) is 1. The fraction of sp³-hybridized carbons (Fsp3) is 0.333. The summed E-state index contributed by atoms with van der Waals surface area (Å²) in [4.78, 5) is 33.0. The van der Waals surface area contributed by atoms with Gasteiger partial charge in [0.25, 0.3) is 5.91 Å². The highest BCUT2D eigenvalue weighted by molar-refractivity contribution is 5.97. The fourth-order valence-electron chi connectivity index (χ4n) is 5.06. The van der Waals surface area contributed by atoms with Crippen LogP contribution >= 0.6 is 0 Å². The minimum Gasteiger partial charge on any atom is -0.493 e. The second-order valence-electron chi connectivity index (χ2n) is 10.9. The van der Waals surface area contributed by atoms with E-state index in [1.54, 1.807) is 18.2 Å². The Morgan fingerprint density at radius 3 is 2.07 bits per heavy atom. The number of H-pyrrole nitrogens is 1. The van der Waals surface area contributed by atoms with Gasteiger partial charge in [0, 0.05) is 41.8 Å². The number of hydrogen-bond acceptors (Lipinski definition) is 4. The van der Waals surface area contributed by atoms with E-state index in [0.29, 0.717) is 35.6 Å². The Bertz CT molecular complexity index is 1660. The number of halogens is 6. The van der Waals surface area contributed by atoms with Gasteiger partial charge in [-0.1, -0.05) is 24.3 Å². The first kappa shape index (κ1) is 34.2. The van der Waals surface area contributed by atoms with Gasteiger partial charge in [-0.15, -0.1) is 0 Å². The molecule has 0 bridgehead atoms. The van der Waals surface area contributed by atoms with Gasteiger partial charge in [-0.25, -0.2) is 0 Å². The second-order valence-corrected chi connectivity index (χ2v) is 10.9. The zero-order valence-corrected chi connectivity index (χ0v) is 25.6. The number of aromatic nitrogens is 1. The second kappa shape index (κ2) is 13.8. The smallest absolute Gasteiger partial charge is 0.416 e. The number of nitrogens with zero attached hydrogens (tertiary/aromatic N) is 2. The Kier molecular flexibility index (Phi) is 10.2. The molecule has 0 atom stereocenters. The molecular weight excluding hydrogens is 616 g/mol. The number of ether oxygens (including phenoxy) is 2. The lowest BCUT2D eigenvalue weighted by molar-refractivity contribution is -0.143. The number of carbonyl (C=O) groups is 2. The molecule has 0 radical (unpaired) electrons. The first-order chi connectivity index (χ1) is 21.6. The van der Waals surface area contributed by atoms with Gasteiger partial charge < -0.3 is 24.3 Å². The normalized spacial score (nSPS) is 12.0. The van der Waals surface area contributed by atoms with Crippen molar-refractivity contribution >= 4 is 22.7 Å². The van der Waals surface area contributed by atoms with E-state index < -0.39 is 53.4 Å². The molecule has 1 heterocycles. The van der Waals surface area contributed by atoms with E-state index in [0.717, 1.165) is 21.4 Å². The number of para-hydroxylation sites is 1. The third-order valence-corrected chi connectivity index (χ3v) is 7.52. The molecule has 4 rings (SSSR count). The summed E-state index contributed by atoms with van der Waals surface area (Å²) in [5, 5.41) is 0.963. The number of amides is 2. The van der Waals surface area contributed by atoms with E-state index in [-0.39, 0.29) is 19.2 Å². The molecule has 0 aliphatic carbocycles. The Labute approximate surface area is 261 Å². The number of aromatic amines is 1. The van der Waals surface area contributed by atoms with Gasteiger partial charge in [0.2, 0.25) is 5.91 Å². The van der Waals surface area contributed by atoms with Crippen LogP contribution in [0.4, 0.5) is 26.3 Å². The Hall–Kier alpha value is -4.68. The fourth-order valence-corrected chi connectivity index (χ4v) is 5.06. The predicted octanol–water partition coefficient (Wildman–Crippen LogP) is 7.34. The van der Waals surface area contributed by atoms with Gasteiger partial charge in [0.05, 0.1) is 25.3 Å². The maximum Gasteiger partial charge on any atom is 0.416 e. The predicted molar refractivity (Wildman–Crippen MR) is 160 cm³/mol. The van der Waals surface area contributed by atoms with Crippen molar-refractivity contribution in [2.45, 2.75) is 45.2 Å². The van der Waals surface area contributed by atoms with Crippen LogP contribution in [0.2, 0.25) is 0 Å². The summed E-state index contributed by atoms with van der Waals surface area (Å²) < 4.78 is 91.7. The number of alkyl halides is 6. The topological polar surface area (TPSA) is 74.9 Å². The minimum absolute atomic E-state index is 0.0444. The number of rotatable bonds is 11. The average Bonchev–Trinajstić information content (AvgIpc) is 3.43. The highest BCUT2D eigenvalue weighted by Crippen LogP contribution is 2.37. The summed E-state index contributed by atoms with van der Waals surface area (Å²) in [6.45, 7) is 2.72. The zero-order valence-electron chi connectivity index (χ0n) is 25.6. The first-order valence-electron chi connectivity index (χ1n) is 14.3.